The lowest BCUT2D eigenvalue weighted by Gasteiger charge is -2.49. The van der Waals surface area contributed by atoms with Crippen molar-refractivity contribution in [2.75, 3.05) is 32.8 Å². The van der Waals surface area contributed by atoms with Crippen LogP contribution in [0.1, 0.15) is 25.7 Å². The van der Waals surface area contributed by atoms with E-state index in [0.29, 0.717) is 17.5 Å². The minimum absolute atomic E-state index is 0.0137. The van der Waals surface area contributed by atoms with Gasteiger partial charge in [-0.2, -0.15) is 0 Å². The first kappa shape index (κ1) is 36.5. The van der Waals surface area contributed by atoms with Crippen LogP contribution in [0.25, 0.3) is 0 Å². The third kappa shape index (κ3) is 8.57. The van der Waals surface area contributed by atoms with Crippen molar-refractivity contribution in [3.63, 3.8) is 0 Å². The Morgan fingerprint density at radius 2 is 1.53 bits per heavy atom. The number of carbonyl (C=O) groups excluding carboxylic acids is 1. The highest BCUT2D eigenvalue weighted by atomic mass is 16.7. The molecule has 262 valence electrons. The molecule has 2 saturated carbocycles. The van der Waals surface area contributed by atoms with Gasteiger partial charge in [-0.15, -0.1) is 0 Å². The van der Waals surface area contributed by atoms with Gasteiger partial charge < -0.3 is 83.8 Å². The van der Waals surface area contributed by atoms with Crippen LogP contribution in [-0.4, -0.2) is 166 Å². The maximum Gasteiger partial charge on any atom is 0.341 e. The smallest absolute Gasteiger partial charge is 0.341 e. The van der Waals surface area contributed by atoms with Crippen LogP contribution in [0.15, 0.2) is 0 Å². The zero-order valence-electron chi connectivity index (χ0n) is 25.2. The van der Waals surface area contributed by atoms with Gasteiger partial charge in [-0.1, -0.05) is 0 Å². The SMILES string of the molecule is NCCN(O)C(=O)N[C@@H]1C[C@H](N)[C@@H](O[C@H]2O[C@H](CN)[C@@H](O)C[C@H]2NCC2CC(N)C2)[C@H](O)[C@H]1O[C@H]1O[C@H](CO)[C@@H](O)[C@H](N)[C@H]1O. The largest absolute Gasteiger partial charge is 0.394 e. The third-order valence-electron chi connectivity index (χ3n) is 9.16. The van der Waals surface area contributed by atoms with Crippen LogP contribution in [0, 0.1) is 5.92 Å². The Bertz CT molecular complexity index is 939. The molecule has 4 fully saturated rings. The zero-order chi connectivity index (χ0) is 33.0. The molecule has 0 aromatic rings. The summed E-state index contributed by atoms with van der Waals surface area (Å²) in [6, 6.07) is -4.51. The lowest BCUT2D eigenvalue weighted by atomic mass is 9.80. The summed E-state index contributed by atoms with van der Waals surface area (Å²) < 4.78 is 23.9. The number of amides is 2. The number of hydroxylamine groups is 2. The van der Waals surface area contributed by atoms with Crippen molar-refractivity contribution >= 4 is 6.03 Å². The highest BCUT2D eigenvalue weighted by molar-refractivity contribution is 5.73. The van der Waals surface area contributed by atoms with Crippen LogP contribution in [0.2, 0.25) is 0 Å². The molecule has 45 heavy (non-hydrogen) atoms. The summed E-state index contributed by atoms with van der Waals surface area (Å²) >= 11 is 0. The van der Waals surface area contributed by atoms with Gasteiger partial charge in [-0.05, 0) is 38.1 Å². The van der Waals surface area contributed by atoms with Gasteiger partial charge in [0.15, 0.2) is 12.6 Å². The van der Waals surface area contributed by atoms with E-state index in [1.54, 1.807) is 0 Å². The van der Waals surface area contributed by atoms with Gasteiger partial charge in [0.2, 0.25) is 0 Å². The van der Waals surface area contributed by atoms with Crippen LogP contribution < -0.4 is 39.3 Å². The van der Waals surface area contributed by atoms with Gasteiger partial charge in [0.05, 0.1) is 43.5 Å². The van der Waals surface area contributed by atoms with Gasteiger partial charge in [-0.25, -0.2) is 9.86 Å². The lowest BCUT2D eigenvalue weighted by molar-refractivity contribution is -0.316. The monoisotopic (exact) mass is 652 g/mol. The van der Waals surface area contributed by atoms with Crippen LogP contribution in [0.3, 0.4) is 0 Å². The van der Waals surface area contributed by atoms with E-state index in [9.17, 15) is 35.5 Å². The second kappa shape index (κ2) is 16.2. The van der Waals surface area contributed by atoms with Gasteiger partial charge in [0.25, 0.3) is 0 Å². The van der Waals surface area contributed by atoms with Crippen molar-refractivity contribution < 1.29 is 54.5 Å². The van der Waals surface area contributed by atoms with Crippen molar-refractivity contribution in [2.45, 2.75) is 117 Å². The standard InChI is InChI=1S/C26H52N8O11/c27-1-2-34(41)26(40)33-13-5-12(30)22(21(39)23(13)45-25-20(38)18(31)19(37)17(9-35)43-25)44-24-14(6-15(36)16(7-28)42-24)32-8-10-3-11(29)4-10/h10-25,32,35-39,41H,1-9,27-31H2,(H,33,40)/t10?,11?,12-,13+,14+,15-,16+,17+,18-,19+,20+,21-,22+,23-,24+,25+/m0/s1. The summed E-state index contributed by atoms with van der Waals surface area (Å²) in [7, 11) is 0. The Kier molecular flexibility index (Phi) is 13.1. The number of aliphatic hydroxyl groups excluding tert-OH is 5. The molecule has 0 radical (unpaired) electrons. The number of carbonyl (C=O) groups is 1. The van der Waals surface area contributed by atoms with Crippen molar-refractivity contribution in [2.24, 2.45) is 34.6 Å². The molecule has 0 bridgehead atoms. The fourth-order valence-electron chi connectivity index (χ4n) is 6.40. The second-order valence-electron chi connectivity index (χ2n) is 12.5. The molecule has 2 aliphatic carbocycles. The molecule has 0 unspecified atom stereocenters. The fraction of sp³-hybridized carbons (Fsp3) is 0.962. The van der Waals surface area contributed by atoms with Crippen molar-refractivity contribution in [1.29, 1.82) is 0 Å². The van der Waals surface area contributed by atoms with Gasteiger partial charge in [0.1, 0.15) is 36.6 Å². The molecule has 4 rings (SSSR count). The first-order valence-electron chi connectivity index (χ1n) is 15.5. The Hall–Kier alpha value is -1.37. The number of ether oxygens (including phenoxy) is 4. The molecule has 0 aromatic heterocycles. The normalized spacial score (nSPS) is 45.5. The number of nitrogens with zero attached hydrogens (tertiary/aromatic N) is 1. The average Bonchev–Trinajstić information content (AvgIpc) is 2.99. The Morgan fingerprint density at radius 1 is 0.867 bits per heavy atom. The molecule has 19 nitrogen and oxygen atoms in total. The molecule has 0 spiro atoms. The van der Waals surface area contributed by atoms with E-state index in [1.807, 2.05) is 0 Å². The first-order chi connectivity index (χ1) is 21.4. The lowest BCUT2D eigenvalue weighted by Crippen LogP contribution is -2.69. The van der Waals surface area contributed by atoms with E-state index >= 15 is 0 Å². The van der Waals surface area contributed by atoms with Crippen molar-refractivity contribution in [1.82, 2.24) is 15.7 Å². The minimum Gasteiger partial charge on any atom is -0.394 e. The number of urea groups is 1. The summed E-state index contributed by atoms with van der Waals surface area (Å²) in [4.78, 5) is 12.7. The van der Waals surface area contributed by atoms with Crippen LogP contribution in [-0.2, 0) is 18.9 Å². The second-order valence-corrected chi connectivity index (χ2v) is 12.5. The number of aliphatic hydroxyl groups is 5. The quantitative estimate of drug-likeness (QED) is 0.0688. The topological polar surface area (TPSA) is 333 Å². The molecular formula is C26H52N8O11. The number of rotatable bonds is 12. The molecule has 4 aliphatic rings. The Labute approximate surface area is 261 Å². The van der Waals surface area contributed by atoms with E-state index in [1.165, 1.54) is 0 Å². The molecule has 18 N–H and O–H groups in total. The van der Waals surface area contributed by atoms with Gasteiger partial charge in [-0.3, -0.25) is 5.21 Å². The minimum atomic E-state index is -1.59. The fourth-order valence-corrected chi connectivity index (χ4v) is 6.40. The summed E-state index contributed by atoms with van der Waals surface area (Å²) in [6.07, 6.45) is -10.5. The zero-order valence-corrected chi connectivity index (χ0v) is 25.2. The summed E-state index contributed by atoms with van der Waals surface area (Å²) in [5.74, 6) is 0.356. The predicted molar refractivity (Wildman–Crippen MR) is 155 cm³/mol. The molecule has 19 heteroatoms. The molecular weight excluding hydrogens is 600 g/mol. The maximum atomic E-state index is 12.7. The van der Waals surface area contributed by atoms with Gasteiger partial charge in [0, 0.05) is 25.2 Å². The molecule has 0 aromatic carbocycles. The summed E-state index contributed by atoms with van der Waals surface area (Å²) in [6.45, 7) is -0.233. The van der Waals surface area contributed by atoms with E-state index in [2.05, 4.69) is 10.6 Å². The van der Waals surface area contributed by atoms with Crippen LogP contribution >= 0.6 is 0 Å². The molecule has 2 amide bonds. The van der Waals surface area contributed by atoms with Gasteiger partial charge >= 0.3 is 6.03 Å². The number of nitrogens with two attached hydrogens (primary N) is 5. The number of nitrogens with one attached hydrogen (secondary N) is 2. The molecule has 14 atom stereocenters. The Balaban J connectivity index is 1.54. The van der Waals surface area contributed by atoms with Crippen LogP contribution in [0.4, 0.5) is 4.79 Å². The first-order valence-corrected chi connectivity index (χ1v) is 15.5. The summed E-state index contributed by atoms with van der Waals surface area (Å²) in [5, 5.41) is 69.2. The van der Waals surface area contributed by atoms with E-state index < -0.39 is 98.2 Å². The highest BCUT2D eigenvalue weighted by Gasteiger charge is 2.51. The maximum absolute atomic E-state index is 12.7. The molecule has 2 aliphatic heterocycles. The predicted octanol–water partition coefficient (Wildman–Crippen LogP) is -6.53. The average molecular weight is 653 g/mol. The third-order valence-corrected chi connectivity index (χ3v) is 9.16. The van der Waals surface area contributed by atoms with E-state index in [4.69, 9.17) is 47.6 Å². The van der Waals surface area contributed by atoms with Crippen molar-refractivity contribution in [3.05, 3.63) is 0 Å². The number of hydrogen-bond acceptors (Lipinski definition) is 17. The molecule has 2 heterocycles. The highest BCUT2D eigenvalue weighted by Crippen LogP contribution is 2.32. The van der Waals surface area contributed by atoms with Crippen molar-refractivity contribution in [3.8, 4) is 0 Å². The Morgan fingerprint density at radius 3 is 2.16 bits per heavy atom. The van der Waals surface area contributed by atoms with Crippen LogP contribution in [0.5, 0.6) is 0 Å². The van der Waals surface area contributed by atoms with E-state index in [0.717, 1.165) is 12.8 Å². The molecule has 2 saturated heterocycles. The number of hydrogen-bond donors (Lipinski definition) is 13. The van der Waals surface area contributed by atoms with E-state index in [-0.39, 0.29) is 38.5 Å². The summed E-state index contributed by atoms with van der Waals surface area (Å²) in [5.41, 5.74) is 29.6.